The summed E-state index contributed by atoms with van der Waals surface area (Å²) in [6.45, 7) is 1.65. The van der Waals surface area contributed by atoms with Gasteiger partial charge in [0.1, 0.15) is 18.3 Å². The van der Waals surface area contributed by atoms with Crippen LogP contribution in [0.5, 0.6) is 0 Å². The molecule has 1 heterocycles. The number of aliphatic carboxylic acids is 1. The third-order valence-electron chi connectivity index (χ3n) is 6.62. The molecular weight excluding hydrogens is 448 g/mol. The average molecular weight is 475 g/mol. The van der Waals surface area contributed by atoms with Gasteiger partial charge < -0.3 is 14.7 Å². The second kappa shape index (κ2) is 8.90. The van der Waals surface area contributed by atoms with Crippen LogP contribution in [0, 0.1) is 0 Å². The number of carbonyl (C=O) groups excluding carboxylic acids is 2. The van der Waals surface area contributed by atoms with Crippen LogP contribution >= 0.6 is 0 Å². The molecule has 1 atom stereocenters. The van der Waals surface area contributed by atoms with Crippen LogP contribution in [0.1, 0.15) is 47.3 Å². The standard InChI is InChI=1S/C26H26N4O5/c1-15(25(32)33)30(16-11-12-16)24(31)22-13-23(28-29(22)2)27-26(34)35-14-21-19-9-5-3-7-17(19)18-8-4-6-10-20(18)21/h3-10,13,15-16,21H,11-12,14H2,1-2H3,(H,32,33)(H,27,28,34). The minimum Gasteiger partial charge on any atom is -0.480 e. The van der Waals surface area contributed by atoms with Crippen LogP contribution in [0.2, 0.25) is 0 Å². The molecule has 2 aliphatic carbocycles. The largest absolute Gasteiger partial charge is 0.480 e. The molecule has 0 aliphatic heterocycles. The van der Waals surface area contributed by atoms with Gasteiger partial charge in [0, 0.05) is 25.1 Å². The van der Waals surface area contributed by atoms with Gasteiger partial charge >= 0.3 is 12.1 Å². The molecule has 0 radical (unpaired) electrons. The highest BCUT2D eigenvalue weighted by atomic mass is 16.5. The highest BCUT2D eigenvalue weighted by Gasteiger charge is 2.40. The van der Waals surface area contributed by atoms with Crippen molar-refractivity contribution in [3.8, 4) is 11.1 Å². The molecule has 1 unspecified atom stereocenters. The Balaban J connectivity index is 1.27. The molecule has 9 nitrogen and oxygen atoms in total. The maximum atomic E-state index is 13.1. The summed E-state index contributed by atoms with van der Waals surface area (Å²) in [5.41, 5.74) is 4.69. The zero-order valence-electron chi connectivity index (χ0n) is 19.5. The van der Waals surface area contributed by atoms with Crippen molar-refractivity contribution in [2.24, 2.45) is 7.05 Å². The minimum absolute atomic E-state index is 0.0707. The van der Waals surface area contributed by atoms with E-state index in [0.29, 0.717) is 0 Å². The third kappa shape index (κ3) is 4.25. The molecule has 0 spiro atoms. The molecule has 9 heteroatoms. The SMILES string of the molecule is CC(C(=O)O)N(C(=O)c1cc(NC(=O)OCC2c3ccccc3-c3ccccc32)nn1C)C1CC1. The Bertz CT molecular complexity index is 1270. The van der Waals surface area contributed by atoms with Gasteiger partial charge in [-0.3, -0.25) is 14.8 Å². The topological polar surface area (TPSA) is 114 Å². The van der Waals surface area contributed by atoms with Crippen molar-refractivity contribution in [3.05, 3.63) is 71.4 Å². The number of nitrogens with one attached hydrogen (secondary N) is 1. The quantitative estimate of drug-likeness (QED) is 0.538. The molecule has 5 rings (SSSR count). The van der Waals surface area contributed by atoms with Crippen LogP contribution in [0.3, 0.4) is 0 Å². The number of carbonyl (C=O) groups is 3. The Morgan fingerprint density at radius 3 is 2.29 bits per heavy atom. The van der Waals surface area contributed by atoms with E-state index in [1.54, 1.807) is 7.05 Å². The zero-order chi connectivity index (χ0) is 24.7. The molecule has 35 heavy (non-hydrogen) atoms. The van der Waals surface area contributed by atoms with Gasteiger partial charge in [-0.15, -0.1) is 0 Å². The second-order valence-electron chi connectivity index (χ2n) is 8.95. The second-order valence-corrected chi connectivity index (χ2v) is 8.95. The zero-order valence-corrected chi connectivity index (χ0v) is 19.5. The Morgan fingerprint density at radius 1 is 1.11 bits per heavy atom. The summed E-state index contributed by atoms with van der Waals surface area (Å²) >= 11 is 0. The summed E-state index contributed by atoms with van der Waals surface area (Å²) in [4.78, 5) is 38.5. The van der Waals surface area contributed by atoms with E-state index in [4.69, 9.17) is 4.74 Å². The van der Waals surface area contributed by atoms with E-state index in [0.717, 1.165) is 35.1 Å². The predicted octanol–water partition coefficient (Wildman–Crippen LogP) is 3.86. The van der Waals surface area contributed by atoms with Crippen molar-refractivity contribution < 1.29 is 24.2 Å². The lowest BCUT2D eigenvalue weighted by Crippen LogP contribution is -2.45. The number of anilines is 1. The Labute approximate surface area is 202 Å². The summed E-state index contributed by atoms with van der Waals surface area (Å²) in [6, 6.07) is 16.5. The number of aromatic nitrogens is 2. The minimum atomic E-state index is -1.07. The van der Waals surface area contributed by atoms with Crippen molar-refractivity contribution in [2.45, 2.75) is 37.8 Å². The molecule has 1 fully saturated rings. The van der Waals surface area contributed by atoms with Crippen LogP contribution in [-0.4, -0.2) is 56.4 Å². The van der Waals surface area contributed by atoms with E-state index in [1.807, 2.05) is 36.4 Å². The first-order chi connectivity index (χ1) is 16.8. The van der Waals surface area contributed by atoms with E-state index in [2.05, 4.69) is 22.5 Å². The molecular formula is C26H26N4O5. The number of ether oxygens (including phenoxy) is 1. The van der Waals surface area contributed by atoms with Gasteiger partial charge in [-0.25, -0.2) is 9.59 Å². The van der Waals surface area contributed by atoms with Crippen LogP contribution in [0.4, 0.5) is 10.6 Å². The number of carboxylic acid groups (broad SMARTS) is 1. The lowest BCUT2D eigenvalue weighted by molar-refractivity contribution is -0.141. The van der Waals surface area contributed by atoms with E-state index in [9.17, 15) is 19.5 Å². The molecule has 0 saturated heterocycles. The third-order valence-corrected chi connectivity index (χ3v) is 6.62. The van der Waals surface area contributed by atoms with Crippen molar-refractivity contribution in [1.82, 2.24) is 14.7 Å². The van der Waals surface area contributed by atoms with E-state index in [-0.39, 0.29) is 30.1 Å². The number of fused-ring (bicyclic) bond motifs is 3. The first kappa shape index (κ1) is 22.6. The summed E-state index contributed by atoms with van der Waals surface area (Å²) in [7, 11) is 1.58. The Kier molecular flexibility index (Phi) is 5.76. The number of benzene rings is 2. The number of rotatable bonds is 7. The van der Waals surface area contributed by atoms with Gasteiger partial charge in [-0.2, -0.15) is 5.10 Å². The summed E-state index contributed by atoms with van der Waals surface area (Å²) < 4.78 is 6.88. The number of nitrogens with zero attached hydrogens (tertiary/aromatic N) is 3. The number of hydrogen-bond donors (Lipinski definition) is 2. The molecule has 0 bridgehead atoms. The fourth-order valence-corrected chi connectivity index (χ4v) is 4.73. The van der Waals surface area contributed by atoms with Gasteiger partial charge in [0.25, 0.3) is 5.91 Å². The van der Waals surface area contributed by atoms with Crippen LogP contribution in [0.25, 0.3) is 11.1 Å². The first-order valence-electron chi connectivity index (χ1n) is 11.6. The normalized spacial score (nSPS) is 15.1. The molecule has 1 aromatic heterocycles. The fourth-order valence-electron chi connectivity index (χ4n) is 4.73. The highest BCUT2D eigenvalue weighted by molar-refractivity contribution is 5.97. The fraction of sp³-hybridized carbons (Fsp3) is 0.308. The van der Waals surface area contributed by atoms with Gasteiger partial charge in [0.05, 0.1) is 0 Å². The number of amides is 2. The molecule has 2 N–H and O–H groups in total. The number of hydrogen-bond acceptors (Lipinski definition) is 5. The van der Waals surface area contributed by atoms with Gasteiger partial charge in [-0.1, -0.05) is 48.5 Å². The molecule has 1 saturated carbocycles. The lowest BCUT2D eigenvalue weighted by Gasteiger charge is -2.26. The van der Waals surface area contributed by atoms with E-state index in [1.165, 1.54) is 22.6 Å². The van der Waals surface area contributed by atoms with Gasteiger partial charge in [0.2, 0.25) is 0 Å². The van der Waals surface area contributed by atoms with Crippen LogP contribution in [-0.2, 0) is 16.6 Å². The van der Waals surface area contributed by atoms with Crippen molar-refractivity contribution in [1.29, 1.82) is 0 Å². The predicted molar refractivity (Wildman–Crippen MR) is 128 cm³/mol. The van der Waals surface area contributed by atoms with Gasteiger partial charge in [-0.05, 0) is 42.0 Å². The molecule has 2 amide bonds. The average Bonchev–Trinajstić information content (AvgIpc) is 3.53. The highest BCUT2D eigenvalue weighted by Crippen LogP contribution is 2.44. The van der Waals surface area contributed by atoms with Gasteiger partial charge in [0.15, 0.2) is 5.82 Å². The molecule has 2 aliphatic rings. The smallest absolute Gasteiger partial charge is 0.412 e. The molecule has 180 valence electrons. The first-order valence-corrected chi connectivity index (χ1v) is 11.6. The van der Waals surface area contributed by atoms with Crippen LogP contribution < -0.4 is 5.32 Å². The maximum Gasteiger partial charge on any atom is 0.412 e. The molecule has 2 aromatic carbocycles. The van der Waals surface area contributed by atoms with E-state index < -0.39 is 24.0 Å². The molecule has 3 aromatic rings. The van der Waals surface area contributed by atoms with Crippen molar-refractivity contribution >= 4 is 23.8 Å². The number of aryl methyl sites for hydroxylation is 1. The summed E-state index contributed by atoms with van der Waals surface area (Å²) in [5.74, 6) is -1.41. The summed E-state index contributed by atoms with van der Waals surface area (Å²) in [5, 5.41) is 16.2. The maximum absolute atomic E-state index is 13.1. The Hall–Kier alpha value is -4.14. The van der Waals surface area contributed by atoms with Crippen molar-refractivity contribution in [3.63, 3.8) is 0 Å². The number of carboxylic acids is 1. The summed E-state index contributed by atoms with van der Waals surface area (Å²) in [6.07, 6.45) is 0.861. The van der Waals surface area contributed by atoms with Crippen LogP contribution in [0.15, 0.2) is 54.6 Å². The Morgan fingerprint density at radius 2 is 1.71 bits per heavy atom. The van der Waals surface area contributed by atoms with E-state index >= 15 is 0 Å². The monoisotopic (exact) mass is 474 g/mol. The van der Waals surface area contributed by atoms with Crippen molar-refractivity contribution in [2.75, 3.05) is 11.9 Å². The lowest BCUT2D eigenvalue weighted by atomic mass is 9.98.